The van der Waals surface area contributed by atoms with Crippen LogP contribution in [-0.2, 0) is 0 Å². The molecular weight excluding hydrogens is 268 g/mol. The number of carbonyl (C=O) groups excluding carboxylic acids is 1. The average molecular weight is 292 g/mol. The molecule has 3 rings (SSSR count). The number of nitrogens with one attached hydrogen (secondary N) is 1. The number of aryl methyl sites for hydroxylation is 1. The standard InChI is InChI=1S/C15H24N4O2/c1-10-13(17-18-16-10)14(20)19-9-5-7-12(19)11-6-3-4-8-15(11,2)21/h11-12,21H,3-9H2,1-2H3,(H,16,17,18)/t11-,12+,15-/m0/s1. The van der Waals surface area contributed by atoms with Crippen molar-refractivity contribution in [1.29, 1.82) is 0 Å². The van der Waals surface area contributed by atoms with E-state index < -0.39 is 5.60 Å². The maximum atomic E-state index is 12.7. The summed E-state index contributed by atoms with van der Waals surface area (Å²) in [6.45, 7) is 4.47. The fourth-order valence-corrected chi connectivity index (χ4v) is 4.04. The molecule has 1 aromatic heterocycles. The van der Waals surface area contributed by atoms with Crippen LogP contribution in [0.15, 0.2) is 0 Å². The Morgan fingerprint density at radius 1 is 1.33 bits per heavy atom. The van der Waals surface area contributed by atoms with Crippen molar-refractivity contribution in [3.8, 4) is 0 Å². The molecule has 0 bridgehead atoms. The minimum absolute atomic E-state index is 0.0508. The molecule has 1 aliphatic heterocycles. The summed E-state index contributed by atoms with van der Waals surface area (Å²) in [6, 6.07) is 0.129. The molecule has 0 spiro atoms. The number of hydrogen-bond acceptors (Lipinski definition) is 4. The van der Waals surface area contributed by atoms with E-state index in [0.717, 1.165) is 45.1 Å². The second-order valence-electron chi connectivity index (χ2n) is 6.68. The Labute approximate surface area is 124 Å². The van der Waals surface area contributed by atoms with Crippen LogP contribution in [0.2, 0.25) is 0 Å². The largest absolute Gasteiger partial charge is 0.390 e. The smallest absolute Gasteiger partial charge is 0.276 e. The van der Waals surface area contributed by atoms with Crippen LogP contribution >= 0.6 is 0 Å². The van der Waals surface area contributed by atoms with E-state index >= 15 is 0 Å². The molecule has 2 heterocycles. The molecule has 0 radical (unpaired) electrons. The zero-order valence-electron chi connectivity index (χ0n) is 12.8. The lowest BCUT2D eigenvalue weighted by Gasteiger charge is -2.43. The Balaban J connectivity index is 1.82. The maximum Gasteiger partial charge on any atom is 0.276 e. The van der Waals surface area contributed by atoms with E-state index in [1.165, 1.54) is 0 Å². The molecule has 0 aromatic carbocycles. The summed E-state index contributed by atoms with van der Waals surface area (Å²) in [5.74, 6) is 0.120. The highest BCUT2D eigenvalue weighted by atomic mass is 16.3. The molecule has 6 heteroatoms. The summed E-state index contributed by atoms with van der Waals surface area (Å²) >= 11 is 0. The van der Waals surface area contributed by atoms with E-state index in [4.69, 9.17) is 0 Å². The van der Waals surface area contributed by atoms with Gasteiger partial charge in [-0.05, 0) is 39.5 Å². The van der Waals surface area contributed by atoms with Gasteiger partial charge >= 0.3 is 0 Å². The summed E-state index contributed by atoms with van der Waals surface area (Å²) in [6.07, 6.45) is 6.02. The molecule has 2 aliphatic rings. The van der Waals surface area contributed by atoms with E-state index in [1.54, 1.807) is 6.92 Å². The Kier molecular flexibility index (Phi) is 3.73. The molecule has 1 aliphatic carbocycles. The third-order valence-corrected chi connectivity index (χ3v) is 5.20. The van der Waals surface area contributed by atoms with Crippen molar-refractivity contribution < 1.29 is 9.90 Å². The van der Waals surface area contributed by atoms with E-state index in [9.17, 15) is 9.90 Å². The highest BCUT2D eigenvalue weighted by Crippen LogP contribution is 2.41. The number of aromatic nitrogens is 3. The number of likely N-dealkylation sites (tertiary alicyclic amines) is 1. The van der Waals surface area contributed by atoms with Crippen LogP contribution in [0.1, 0.15) is 61.6 Å². The number of aromatic amines is 1. The van der Waals surface area contributed by atoms with Gasteiger partial charge in [0.15, 0.2) is 5.69 Å². The fourth-order valence-electron chi connectivity index (χ4n) is 4.04. The van der Waals surface area contributed by atoms with Gasteiger partial charge in [-0.15, -0.1) is 0 Å². The van der Waals surface area contributed by atoms with Gasteiger partial charge in [-0.2, -0.15) is 15.4 Å². The first kappa shape index (κ1) is 14.5. The molecule has 0 unspecified atom stereocenters. The minimum atomic E-state index is -0.662. The van der Waals surface area contributed by atoms with Crippen molar-refractivity contribution in [3.05, 3.63) is 11.4 Å². The van der Waals surface area contributed by atoms with Crippen LogP contribution in [0.25, 0.3) is 0 Å². The van der Waals surface area contributed by atoms with E-state index in [-0.39, 0.29) is 17.9 Å². The zero-order chi connectivity index (χ0) is 15.0. The number of H-pyrrole nitrogens is 1. The third-order valence-electron chi connectivity index (χ3n) is 5.20. The lowest BCUT2D eigenvalue weighted by Crippen LogP contribution is -2.50. The fraction of sp³-hybridized carbons (Fsp3) is 0.800. The highest BCUT2D eigenvalue weighted by Gasteiger charge is 2.45. The van der Waals surface area contributed by atoms with Crippen molar-refractivity contribution in [2.75, 3.05) is 6.54 Å². The highest BCUT2D eigenvalue weighted by molar-refractivity contribution is 5.93. The van der Waals surface area contributed by atoms with Gasteiger partial charge < -0.3 is 10.0 Å². The number of rotatable bonds is 2. The molecule has 1 amide bonds. The van der Waals surface area contributed by atoms with Crippen molar-refractivity contribution in [2.45, 2.75) is 64.0 Å². The topological polar surface area (TPSA) is 82.1 Å². The first-order valence-electron chi connectivity index (χ1n) is 7.91. The van der Waals surface area contributed by atoms with Crippen LogP contribution in [0, 0.1) is 12.8 Å². The van der Waals surface area contributed by atoms with Crippen LogP contribution in [0.5, 0.6) is 0 Å². The number of aliphatic hydroxyl groups is 1. The molecule has 116 valence electrons. The third kappa shape index (κ3) is 2.57. The minimum Gasteiger partial charge on any atom is -0.390 e. The Morgan fingerprint density at radius 3 is 2.81 bits per heavy atom. The molecule has 21 heavy (non-hydrogen) atoms. The second kappa shape index (κ2) is 5.40. The van der Waals surface area contributed by atoms with Gasteiger partial charge in [0, 0.05) is 18.5 Å². The SMILES string of the molecule is Cc1n[nH]nc1C(=O)N1CCC[C@@H]1[C@@H]1CCCC[C@]1(C)O. The van der Waals surface area contributed by atoms with Gasteiger partial charge in [0.2, 0.25) is 0 Å². The van der Waals surface area contributed by atoms with Gasteiger partial charge in [-0.1, -0.05) is 12.8 Å². The van der Waals surface area contributed by atoms with Gasteiger partial charge in [0.05, 0.1) is 11.3 Å². The van der Waals surface area contributed by atoms with Crippen molar-refractivity contribution in [1.82, 2.24) is 20.3 Å². The molecule has 1 saturated heterocycles. The zero-order valence-corrected chi connectivity index (χ0v) is 12.8. The molecular formula is C15H24N4O2. The van der Waals surface area contributed by atoms with Crippen molar-refractivity contribution in [2.24, 2.45) is 5.92 Å². The Morgan fingerprint density at radius 2 is 2.14 bits per heavy atom. The number of nitrogens with zero attached hydrogens (tertiary/aromatic N) is 3. The van der Waals surface area contributed by atoms with Crippen LogP contribution in [0.4, 0.5) is 0 Å². The number of amides is 1. The first-order valence-corrected chi connectivity index (χ1v) is 7.91. The molecule has 1 aromatic rings. The summed E-state index contributed by atoms with van der Waals surface area (Å²) < 4.78 is 0. The van der Waals surface area contributed by atoms with Crippen molar-refractivity contribution >= 4 is 5.91 Å². The van der Waals surface area contributed by atoms with Gasteiger partial charge in [0.25, 0.3) is 5.91 Å². The Bertz CT molecular complexity index is 525. The van der Waals surface area contributed by atoms with Gasteiger partial charge in [0.1, 0.15) is 0 Å². The lowest BCUT2D eigenvalue weighted by molar-refractivity contribution is -0.0578. The Hall–Kier alpha value is -1.43. The maximum absolute atomic E-state index is 12.7. The second-order valence-corrected chi connectivity index (χ2v) is 6.68. The molecule has 6 nitrogen and oxygen atoms in total. The van der Waals surface area contributed by atoms with Crippen LogP contribution in [-0.4, -0.2) is 49.5 Å². The average Bonchev–Trinajstić information content (AvgIpc) is 3.06. The van der Waals surface area contributed by atoms with Gasteiger partial charge in [-0.3, -0.25) is 4.79 Å². The summed E-state index contributed by atoms with van der Waals surface area (Å²) in [5, 5.41) is 21.2. The lowest BCUT2D eigenvalue weighted by atomic mass is 9.72. The summed E-state index contributed by atoms with van der Waals surface area (Å²) in [4.78, 5) is 14.6. The molecule has 1 saturated carbocycles. The number of hydrogen-bond donors (Lipinski definition) is 2. The van der Waals surface area contributed by atoms with E-state index in [0.29, 0.717) is 11.4 Å². The molecule has 3 atom stereocenters. The van der Waals surface area contributed by atoms with Crippen LogP contribution in [0.3, 0.4) is 0 Å². The first-order chi connectivity index (χ1) is 10.0. The van der Waals surface area contributed by atoms with E-state index in [1.807, 2.05) is 11.8 Å². The van der Waals surface area contributed by atoms with E-state index in [2.05, 4.69) is 15.4 Å². The number of carbonyl (C=O) groups is 1. The normalized spacial score (nSPS) is 33.4. The van der Waals surface area contributed by atoms with Crippen LogP contribution < -0.4 is 0 Å². The van der Waals surface area contributed by atoms with Gasteiger partial charge in [-0.25, -0.2) is 0 Å². The quantitative estimate of drug-likeness (QED) is 0.868. The predicted octanol–water partition coefficient (Wildman–Crippen LogP) is 1.66. The molecule has 2 fully saturated rings. The summed E-state index contributed by atoms with van der Waals surface area (Å²) in [7, 11) is 0. The van der Waals surface area contributed by atoms with Crippen molar-refractivity contribution in [3.63, 3.8) is 0 Å². The monoisotopic (exact) mass is 292 g/mol. The summed E-state index contributed by atoms with van der Waals surface area (Å²) in [5.41, 5.74) is 0.392. The predicted molar refractivity (Wildman–Crippen MR) is 77.8 cm³/mol. The molecule has 2 N–H and O–H groups in total.